The Hall–Kier alpha value is -3.75. The fourth-order valence-corrected chi connectivity index (χ4v) is 8.58. The first-order chi connectivity index (χ1) is 20.3. The maximum atomic E-state index is 12.5. The van der Waals surface area contributed by atoms with Crippen LogP contribution < -0.4 is 5.32 Å². The molecule has 11 nitrogen and oxygen atoms in total. The van der Waals surface area contributed by atoms with Crippen molar-refractivity contribution < 1.29 is 34.7 Å². The number of nitrogens with zero attached hydrogens (tertiary/aromatic N) is 2. The number of fused-ring (bicyclic) bond motifs is 5. The molecule has 230 valence electrons. The van der Waals surface area contributed by atoms with Gasteiger partial charge in [0, 0.05) is 17.5 Å². The van der Waals surface area contributed by atoms with E-state index in [1.807, 2.05) is 0 Å². The predicted molar refractivity (Wildman–Crippen MR) is 156 cm³/mol. The molecule has 0 radical (unpaired) electrons. The molecule has 11 heteroatoms. The first-order valence-corrected chi connectivity index (χ1v) is 14.9. The summed E-state index contributed by atoms with van der Waals surface area (Å²) in [5.41, 5.74) is 0.464. The van der Waals surface area contributed by atoms with Crippen molar-refractivity contribution in [2.75, 3.05) is 6.61 Å². The standard InChI is InChI=1S/C32H39N3O8/c1-4-32(40)15-12-25-23-9-8-20-17-21(10-13-30(20,2)24(23)11-14-31(25,32)3)34-43-18-26(36)33-27(29(38)39)28(37)19-6-5-7-22(16-19)35(41)42/h1,5-7,16-17,23-25,27-28,37,40H,8-15,18H2,2-3H3,(H,33,36)(H,38,39)/b34-21+/t23-,24+,25+,27-,28-,30+,31+,32+/m1/s1. The number of nitro benzene ring substituents is 1. The summed E-state index contributed by atoms with van der Waals surface area (Å²) in [5.74, 6) is 1.85. The summed E-state index contributed by atoms with van der Waals surface area (Å²) < 4.78 is 0. The van der Waals surface area contributed by atoms with Crippen LogP contribution in [0.1, 0.15) is 76.9 Å². The minimum atomic E-state index is -1.74. The van der Waals surface area contributed by atoms with Crippen LogP contribution in [0.25, 0.3) is 0 Å². The molecule has 0 unspecified atom stereocenters. The fraction of sp³-hybridized carbons (Fsp3) is 0.594. The van der Waals surface area contributed by atoms with Gasteiger partial charge in [0.25, 0.3) is 11.6 Å². The molecule has 3 saturated carbocycles. The molecule has 8 atom stereocenters. The second-order valence-electron chi connectivity index (χ2n) is 13.0. The van der Waals surface area contributed by atoms with Gasteiger partial charge in [-0.25, -0.2) is 4.79 Å². The van der Waals surface area contributed by atoms with Crippen LogP contribution in [0.2, 0.25) is 0 Å². The molecule has 4 aliphatic rings. The quantitative estimate of drug-likeness (QED) is 0.200. The van der Waals surface area contributed by atoms with Crippen LogP contribution >= 0.6 is 0 Å². The van der Waals surface area contributed by atoms with Crippen molar-refractivity contribution in [2.45, 2.75) is 83.0 Å². The number of carbonyl (C=O) groups excluding carboxylic acids is 1. The number of aliphatic hydroxyl groups excluding tert-OH is 1. The number of rotatable bonds is 8. The van der Waals surface area contributed by atoms with Gasteiger partial charge < -0.3 is 25.5 Å². The SMILES string of the molecule is C#C[C@]1(O)CC[C@H]2[C@@H]3CCC4=C/C(=N/OCC(=O)N[C@@H](C(=O)O)[C@H](O)c5cccc([N+](=O)[O-])c5)CC[C@]4(C)[C@H]3CC[C@@]21C. The highest BCUT2D eigenvalue weighted by Gasteiger charge is 2.63. The molecule has 43 heavy (non-hydrogen) atoms. The zero-order valence-electron chi connectivity index (χ0n) is 24.5. The Morgan fingerprint density at radius 2 is 1.95 bits per heavy atom. The van der Waals surface area contributed by atoms with Gasteiger partial charge in [-0.1, -0.05) is 42.6 Å². The number of nitrogens with one attached hydrogen (secondary N) is 1. The van der Waals surface area contributed by atoms with Crippen molar-refractivity contribution >= 4 is 23.3 Å². The predicted octanol–water partition coefficient (Wildman–Crippen LogP) is 3.90. The Bertz CT molecular complexity index is 1420. The number of aliphatic hydroxyl groups is 2. The Kier molecular flexibility index (Phi) is 8.13. The van der Waals surface area contributed by atoms with Crippen LogP contribution in [0.15, 0.2) is 41.1 Å². The number of aliphatic carboxylic acids is 1. The number of hydrogen-bond donors (Lipinski definition) is 4. The van der Waals surface area contributed by atoms with Crippen molar-refractivity contribution in [2.24, 2.45) is 33.7 Å². The largest absolute Gasteiger partial charge is 0.480 e. The van der Waals surface area contributed by atoms with Crippen molar-refractivity contribution in [3.05, 3.63) is 51.6 Å². The summed E-state index contributed by atoms with van der Waals surface area (Å²) in [6.07, 6.45) is 13.2. The molecule has 4 N–H and O–H groups in total. The van der Waals surface area contributed by atoms with Crippen molar-refractivity contribution in [3.8, 4) is 12.3 Å². The highest BCUT2D eigenvalue weighted by atomic mass is 16.6. The normalized spacial score (nSPS) is 35.3. The van der Waals surface area contributed by atoms with E-state index in [4.69, 9.17) is 11.3 Å². The number of nitro groups is 1. The molecular formula is C32H39N3O8. The molecule has 1 amide bonds. The van der Waals surface area contributed by atoms with E-state index in [1.54, 1.807) is 0 Å². The third-order valence-electron chi connectivity index (χ3n) is 11.1. The third kappa shape index (κ3) is 5.31. The van der Waals surface area contributed by atoms with Crippen LogP contribution in [0.3, 0.4) is 0 Å². The lowest BCUT2D eigenvalue weighted by molar-refractivity contribution is -0.385. The molecule has 0 saturated heterocycles. The highest BCUT2D eigenvalue weighted by molar-refractivity contribution is 5.96. The van der Waals surface area contributed by atoms with Crippen LogP contribution in [0, 0.1) is 51.0 Å². The summed E-state index contributed by atoms with van der Waals surface area (Å²) in [7, 11) is 0. The Morgan fingerprint density at radius 3 is 2.65 bits per heavy atom. The van der Waals surface area contributed by atoms with Crippen LogP contribution in [0.5, 0.6) is 0 Å². The summed E-state index contributed by atoms with van der Waals surface area (Å²) in [6.45, 7) is 3.96. The smallest absolute Gasteiger partial charge is 0.329 e. The van der Waals surface area contributed by atoms with Gasteiger partial charge in [0.1, 0.15) is 11.7 Å². The van der Waals surface area contributed by atoms with E-state index in [-0.39, 0.29) is 22.1 Å². The average Bonchev–Trinajstić information content (AvgIpc) is 3.26. The van der Waals surface area contributed by atoms with Gasteiger partial charge >= 0.3 is 5.97 Å². The number of amides is 1. The minimum Gasteiger partial charge on any atom is -0.480 e. The number of allylic oxidation sites excluding steroid dienone is 2. The van der Waals surface area contributed by atoms with Crippen molar-refractivity contribution in [1.82, 2.24) is 5.32 Å². The van der Waals surface area contributed by atoms with E-state index in [0.29, 0.717) is 36.3 Å². The highest BCUT2D eigenvalue weighted by Crippen LogP contribution is 2.67. The van der Waals surface area contributed by atoms with E-state index in [1.165, 1.54) is 23.8 Å². The maximum absolute atomic E-state index is 12.5. The lowest BCUT2D eigenvalue weighted by Crippen LogP contribution is -2.54. The molecule has 1 aromatic rings. The van der Waals surface area contributed by atoms with Crippen LogP contribution in [-0.4, -0.2) is 56.1 Å². The monoisotopic (exact) mass is 593 g/mol. The third-order valence-corrected chi connectivity index (χ3v) is 11.1. The van der Waals surface area contributed by atoms with Crippen molar-refractivity contribution in [3.63, 3.8) is 0 Å². The molecule has 5 rings (SSSR count). The molecule has 3 fully saturated rings. The number of benzene rings is 1. The average molecular weight is 594 g/mol. The molecule has 0 spiro atoms. The molecule has 0 aliphatic heterocycles. The molecular weight excluding hydrogens is 554 g/mol. The number of non-ortho nitro benzene ring substituents is 1. The van der Waals surface area contributed by atoms with E-state index >= 15 is 0 Å². The second-order valence-corrected chi connectivity index (χ2v) is 13.0. The van der Waals surface area contributed by atoms with Gasteiger partial charge in [-0.2, -0.15) is 0 Å². The Balaban J connectivity index is 1.21. The van der Waals surface area contributed by atoms with Gasteiger partial charge in [0.2, 0.25) is 0 Å². The van der Waals surface area contributed by atoms with E-state index in [0.717, 1.165) is 44.6 Å². The number of oxime groups is 1. The first kappa shape index (κ1) is 30.7. The Labute approximate surface area is 250 Å². The minimum absolute atomic E-state index is 0.0167. The zero-order valence-corrected chi connectivity index (χ0v) is 24.5. The van der Waals surface area contributed by atoms with Gasteiger partial charge in [-0.05, 0) is 86.2 Å². The van der Waals surface area contributed by atoms with E-state index in [9.17, 15) is 35.0 Å². The number of terminal acetylenes is 1. The fourth-order valence-electron chi connectivity index (χ4n) is 8.58. The topological polar surface area (TPSA) is 172 Å². The van der Waals surface area contributed by atoms with Crippen LogP contribution in [0.4, 0.5) is 5.69 Å². The van der Waals surface area contributed by atoms with Gasteiger partial charge in [-0.3, -0.25) is 14.9 Å². The van der Waals surface area contributed by atoms with Crippen molar-refractivity contribution in [1.29, 1.82) is 0 Å². The number of carbonyl (C=O) groups is 2. The molecule has 0 heterocycles. The summed E-state index contributed by atoms with van der Waals surface area (Å²) in [4.78, 5) is 39.9. The molecule has 0 aromatic heterocycles. The van der Waals surface area contributed by atoms with Crippen LogP contribution in [-0.2, 0) is 14.4 Å². The lowest BCUT2D eigenvalue weighted by Gasteiger charge is -2.58. The summed E-state index contributed by atoms with van der Waals surface area (Å²) >= 11 is 0. The summed E-state index contributed by atoms with van der Waals surface area (Å²) in [6, 6.07) is 3.20. The van der Waals surface area contributed by atoms with Gasteiger partial charge in [-0.15, -0.1) is 6.42 Å². The van der Waals surface area contributed by atoms with Gasteiger partial charge in [0.05, 0.1) is 10.6 Å². The number of hydrogen-bond acceptors (Lipinski definition) is 8. The van der Waals surface area contributed by atoms with Gasteiger partial charge in [0.15, 0.2) is 12.6 Å². The summed E-state index contributed by atoms with van der Waals surface area (Å²) in [5, 5.41) is 48.7. The number of carboxylic acids is 1. The molecule has 1 aromatic carbocycles. The number of carboxylic acid groups (broad SMARTS) is 1. The second kappa shape index (κ2) is 11.4. The van der Waals surface area contributed by atoms with E-state index in [2.05, 4.69) is 36.3 Å². The Morgan fingerprint density at radius 1 is 1.21 bits per heavy atom. The van der Waals surface area contributed by atoms with E-state index < -0.39 is 41.2 Å². The zero-order chi connectivity index (χ0) is 31.2. The first-order valence-electron chi connectivity index (χ1n) is 14.9. The maximum Gasteiger partial charge on any atom is 0.329 e. The molecule has 0 bridgehead atoms. The lowest BCUT2D eigenvalue weighted by atomic mass is 9.46. The molecule has 4 aliphatic carbocycles.